The lowest BCUT2D eigenvalue weighted by molar-refractivity contribution is -0.0149. The monoisotopic (exact) mass is 256 g/mol. The fourth-order valence-electron chi connectivity index (χ4n) is 2.45. The number of aliphatic hydroxyl groups is 1. The van der Waals surface area contributed by atoms with Crippen LogP contribution in [0.15, 0.2) is 48.5 Å². The van der Waals surface area contributed by atoms with Gasteiger partial charge in [-0.3, -0.25) is 0 Å². The van der Waals surface area contributed by atoms with Crippen LogP contribution in [0.5, 0.6) is 0 Å². The highest BCUT2D eigenvalue weighted by Crippen LogP contribution is 2.32. The summed E-state index contributed by atoms with van der Waals surface area (Å²) in [5.74, 6) is 0. The van der Waals surface area contributed by atoms with Crippen LogP contribution in [0.2, 0.25) is 0 Å². The molecule has 0 heterocycles. The average molecular weight is 256 g/mol. The first-order valence-electron chi connectivity index (χ1n) is 6.46. The quantitative estimate of drug-likeness (QED) is 0.903. The third-order valence-corrected chi connectivity index (χ3v) is 3.25. The topological polar surface area (TPSA) is 29.5 Å². The molecular weight excluding hydrogens is 236 g/mol. The first-order valence-corrected chi connectivity index (χ1v) is 6.46. The number of hydrogen-bond donors (Lipinski definition) is 1. The summed E-state index contributed by atoms with van der Waals surface area (Å²) in [7, 11) is 1.63. The van der Waals surface area contributed by atoms with E-state index < -0.39 is 6.10 Å². The van der Waals surface area contributed by atoms with E-state index >= 15 is 0 Å². The Bertz CT molecular complexity index is 514. The van der Waals surface area contributed by atoms with Gasteiger partial charge in [0.1, 0.15) is 12.2 Å². The summed E-state index contributed by atoms with van der Waals surface area (Å²) < 4.78 is 5.48. The van der Waals surface area contributed by atoms with E-state index in [1.54, 1.807) is 7.11 Å². The maximum atomic E-state index is 10.6. The van der Waals surface area contributed by atoms with Crippen LogP contribution >= 0.6 is 0 Å². The zero-order chi connectivity index (χ0) is 13.8. The summed E-state index contributed by atoms with van der Waals surface area (Å²) in [6, 6.07) is 15.9. The van der Waals surface area contributed by atoms with E-state index in [9.17, 15) is 5.11 Å². The second kappa shape index (κ2) is 6.00. The summed E-state index contributed by atoms with van der Waals surface area (Å²) >= 11 is 0. The van der Waals surface area contributed by atoms with Crippen molar-refractivity contribution >= 4 is 0 Å². The van der Waals surface area contributed by atoms with Gasteiger partial charge in [-0.15, -0.1) is 0 Å². The van der Waals surface area contributed by atoms with E-state index in [2.05, 4.69) is 6.07 Å². The number of methoxy groups -OCH3 is 1. The van der Waals surface area contributed by atoms with Gasteiger partial charge in [0.25, 0.3) is 0 Å². The molecule has 1 N–H and O–H groups in total. The lowest BCUT2D eigenvalue weighted by Crippen LogP contribution is -2.13. The molecule has 0 aliphatic carbocycles. The molecule has 0 fully saturated rings. The number of aliphatic hydroxyl groups excluding tert-OH is 1. The summed E-state index contributed by atoms with van der Waals surface area (Å²) in [6.45, 7) is 4.07. The highest BCUT2D eigenvalue weighted by atomic mass is 16.5. The van der Waals surface area contributed by atoms with Gasteiger partial charge >= 0.3 is 0 Å². The van der Waals surface area contributed by atoms with Crippen molar-refractivity contribution < 1.29 is 9.84 Å². The van der Waals surface area contributed by atoms with Crippen LogP contribution in [0.1, 0.15) is 34.5 Å². The Kier molecular flexibility index (Phi) is 4.35. The molecule has 2 heteroatoms. The molecule has 0 amide bonds. The summed E-state index contributed by atoms with van der Waals surface area (Å²) in [6.07, 6.45) is -1.01. The van der Waals surface area contributed by atoms with Crippen LogP contribution in [-0.4, -0.2) is 12.2 Å². The smallest absolute Gasteiger partial charge is 0.112 e. The molecule has 0 aliphatic rings. The van der Waals surface area contributed by atoms with E-state index in [0.717, 1.165) is 22.3 Å². The number of rotatable bonds is 4. The summed E-state index contributed by atoms with van der Waals surface area (Å²) in [5.41, 5.74) is 4.18. The van der Waals surface area contributed by atoms with Crippen molar-refractivity contribution in [3.05, 3.63) is 70.8 Å². The van der Waals surface area contributed by atoms with Crippen LogP contribution in [-0.2, 0) is 4.74 Å². The molecule has 0 saturated heterocycles. The molecule has 0 saturated carbocycles. The highest BCUT2D eigenvalue weighted by Gasteiger charge is 2.22. The standard InChI is InChI=1S/C17H20O2/c1-12-9-13(2)11-15(10-12)16(18)17(19-3)14-7-5-4-6-8-14/h4-11,16-18H,1-3H3. The molecule has 2 nitrogen and oxygen atoms in total. The summed E-state index contributed by atoms with van der Waals surface area (Å²) in [4.78, 5) is 0. The van der Waals surface area contributed by atoms with Gasteiger partial charge in [0.15, 0.2) is 0 Å². The van der Waals surface area contributed by atoms with Crippen LogP contribution in [0.25, 0.3) is 0 Å². The molecule has 0 spiro atoms. The number of ether oxygens (including phenoxy) is 1. The van der Waals surface area contributed by atoms with E-state index in [1.165, 1.54) is 0 Å². The van der Waals surface area contributed by atoms with Crippen molar-refractivity contribution in [3.8, 4) is 0 Å². The first kappa shape index (κ1) is 13.8. The van der Waals surface area contributed by atoms with Gasteiger partial charge in [-0.05, 0) is 25.0 Å². The maximum absolute atomic E-state index is 10.6. The minimum atomic E-state index is -0.661. The van der Waals surface area contributed by atoms with Crippen LogP contribution in [0.3, 0.4) is 0 Å². The Balaban J connectivity index is 2.33. The maximum Gasteiger partial charge on any atom is 0.112 e. The fourth-order valence-corrected chi connectivity index (χ4v) is 2.45. The van der Waals surface area contributed by atoms with E-state index in [1.807, 2.05) is 56.3 Å². The predicted octanol–water partition coefficient (Wildman–Crippen LogP) is 3.72. The van der Waals surface area contributed by atoms with E-state index in [4.69, 9.17) is 4.74 Å². The minimum absolute atomic E-state index is 0.345. The van der Waals surface area contributed by atoms with Crippen LogP contribution in [0, 0.1) is 13.8 Å². The predicted molar refractivity (Wildman–Crippen MR) is 77.1 cm³/mol. The second-order valence-electron chi connectivity index (χ2n) is 4.93. The zero-order valence-electron chi connectivity index (χ0n) is 11.6. The van der Waals surface area contributed by atoms with Crippen molar-refractivity contribution in [1.82, 2.24) is 0 Å². The average Bonchev–Trinajstić information content (AvgIpc) is 2.39. The molecule has 2 aromatic rings. The lowest BCUT2D eigenvalue weighted by Gasteiger charge is -2.23. The molecule has 2 aromatic carbocycles. The Morgan fingerprint density at radius 2 is 1.47 bits per heavy atom. The number of benzene rings is 2. The van der Waals surface area contributed by atoms with Gasteiger partial charge in [0, 0.05) is 7.11 Å². The van der Waals surface area contributed by atoms with Gasteiger partial charge in [-0.1, -0.05) is 59.7 Å². The van der Waals surface area contributed by atoms with Gasteiger partial charge in [-0.25, -0.2) is 0 Å². The second-order valence-corrected chi connectivity index (χ2v) is 4.93. The largest absolute Gasteiger partial charge is 0.385 e. The molecule has 19 heavy (non-hydrogen) atoms. The molecule has 0 aliphatic heterocycles. The van der Waals surface area contributed by atoms with Gasteiger partial charge < -0.3 is 9.84 Å². The third-order valence-electron chi connectivity index (χ3n) is 3.25. The molecule has 2 rings (SSSR count). The van der Waals surface area contributed by atoms with Gasteiger partial charge in [-0.2, -0.15) is 0 Å². The molecule has 0 radical (unpaired) electrons. The Morgan fingerprint density at radius 1 is 0.895 bits per heavy atom. The van der Waals surface area contributed by atoms with Gasteiger partial charge in [0.2, 0.25) is 0 Å². The van der Waals surface area contributed by atoms with Crippen molar-refractivity contribution in [3.63, 3.8) is 0 Å². The third kappa shape index (κ3) is 3.22. The zero-order valence-corrected chi connectivity index (χ0v) is 11.6. The fraction of sp³-hybridized carbons (Fsp3) is 0.294. The van der Waals surface area contributed by atoms with E-state index in [-0.39, 0.29) is 6.10 Å². The lowest BCUT2D eigenvalue weighted by atomic mass is 9.95. The van der Waals surface area contributed by atoms with Crippen LogP contribution < -0.4 is 0 Å². The van der Waals surface area contributed by atoms with Crippen molar-refractivity contribution in [2.45, 2.75) is 26.1 Å². The number of hydrogen-bond acceptors (Lipinski definition) is 2. The summed E-state index contributed by atoms with van der Waals surface area (Å²) in [5, 5.41) is 10.6. The molecule has 2 unspecified atom stereocenters. The molecule has 0 aromatic heterocycles. The van der Waals surface area contributed by atoms with Crippen molar-refractivity contribution in [2.24, 2.45) is 0 Å². The van der Waals surface area contributed by atoms with Crippen molar-refractivity contribution in [2.75, 3.05) is 7.11 Å². The first-order chi connectivity index (χ1) is 9.11. The van der Waals surface area contributed by atoms with Crippen molar-refractivity contribution in [1.29, 1.82) is 0 Å². The van der Waals surface area contributed by atoms with Gasteiger partial charge in [0.05, 0.1) is 0 Å². The number of aryl methyl sites for hydroxylation is 2. The molecule has 0 bridgehead atoms. The van der Waals surface area contributed by atoms with Crippen LogP contribution in [0.4, 0.5) is 0 Å². The van der Waals surface area contributed by atoms with E-state index in [0.29, 0.717) is 0 Å². The molecule has 2 atom stereocenters. The molecule has 100 valence electrons. The Hall–Kier alpha value is -1.64. The SMILES string of the molecule is COC(c1ccccc1)C(O)c1cc(C)cc(C)c1. The minimum Gasteiger partial charge on any atom is -0.385 e. The Morgan fingerprint density at radius 3 is 2.00 bits per heavy atom. The Labute approximate surface area is 114 Å². The highest BCUT2D eigenvalue weighted by molar-refractivity contribution is 5.32. The normalized spacial score (nSPS) is 14.1. The molecular formula is C17H20O2.